The van der Waals surface area contributed by atoms with Gasteiger partial charge in [0.05, 0.1) is 6.54 Å². The number of hydrogen-bond acceptors (Lipinski definition) is 1. The molecule has 3 atom stereocenters. The van der Waals surface area contributed by atoms with E-state index in [1.807, 2.05) is 0 Å². The molecule has 1 heterocycles. The molecule has 0 N–H and O–H groups in total. The standard InChI is InChI=1S/C9H13F4NO/c1-5-3-14(4-7(5)10)8(15)6(2)9(11,12)13/h5-7H,3-4H2,1-2H3/t5-,6-,7+/m0/s1. The van der Waals surface area contributed by atoms with Gasteiger partial charge in [0.25, 0.3) is 0 Å². The lowest BCUT2D eigenvalue weighted by Gasteiger charge is -2.22. The fourth-order valence-corrected chi connectivity index (χ4v) is 1.52. The quantitative estimate of drug-likeness (QED) is 0.627. The average Bonchev–Trinajstić information content (AvgIpc) is 2.43. The summed E-state index contributed by atoms with van der Waals surface area (Å²) < 4.78 is 49.6. The van der Waals surface area contributed by atoms with Crippen molar-refractivity contribution in [2.75, 3.05) is 13.1 Å². The minimum absolute atomic E-state index is 0.0699. The zero-order chi connectivity index (χ0) is 11.8. The number of carbonyl (C=O) groups is 1. The minimum Gasteiger partial charge on any atom is -0.339 e. The van der Waals surface area contributed by atoms with Crippen LogP contribution in [0, 0.1) is 11.8 Å². The van der Waals surface area contributed by atoms with Gasteiger partial charge in [0.2, 0.25) is 5.91 Å². The van der Waals surface area contributed by atoms with Crippen molar-refractivity contribution in [1.29, 1.82) is 0 Å². The highest BCUT2D eigenvalue weighted by Crippen LogP contribution is 2.29. The van der Waals surface area contributed by atoms with Crippen LogP contribution in [-0.2, 0) is 4.79 Å². The summed E-state index contributed by atoms with van der Waals surface area (Å²) in [7, 11) is 0. The molecule has 0 bridgehead atoms. The topological polar surface area (TPSA) is 20.3 Å². The third-order valence-electron chi connectivity index (χ3n) is 2.69. The number of hydrogen-bond donors (Lipinski definition) is 0. The Labute approximate surface area is 85.2 Å². The normalized spacial score (nSPS) is 29.3. The summed E-state index contributed by atoms with van der Waals surface area (Å²) in [6.07, 6.45) is -5.76. The fourth-order valence-electron chi connectivity index (χ4n) is 1.52. The summed E-state index contributed by atoms with van der Waals surface area (Å²) in [5.41, 5.74) is 0. The van der Waals surface area contributed by atoms with Gasteiger partial charge in [-0.05, 0) is 6.92 Å². The Balaban J connectivity index is 2.63. The molecule has 0 spiro atoms. The largest absolute Gasteiger partial charge is 0.400 e. The molecule has 1 aliphatic heterocycles. The van der Waals surface area contributed by atoms with Crippen molar-refractivity contribution < 1.29 is 22.4 Å². The molecule has 1 amide bonds. The molecule has 1 aliphatic rings. The maximum absolute atomic E-state index is 13.0. The number of alkyl halides is 4. The lowest BCUT2D eigenvalue weighted by atomic mass is 10.1. The van der Waals surface area contributed by atoms with E-state index in [-0.39, 0.29) is 19.0 Å². The van der Waals surface area contributed by atoms with Crippen LogP contribution in [0.3, 0.4) is 0 Å². The van der Waals surface area contributed by atoms with Crippen molar-refractivity contribution in [2.45, 2.75) is 26.2 Å². The second-order valence-electron chi connectivity index (χ2n) is 4.00. The van der Waals surface area contributed by atoms with E-state index in [0.717, 1.165) is 11.8 Å². The molecule has 0 aromatic carbocycles. The third kappa shape index (κ3) is 2.60. The second-order valence-corrected chi connectivity index (χ2v) is 4.00. The van der Waals surface area contributed by atoms with E-state index < -0.39 is 24.2 Å². The zero-order valence-electron chi connectivity index (χ0n) is 8.51. The Kier molecular flexibility index (Phi) is 3.25. The number of likely N-dealkylation sites (tertiary alicyclic amines) is 1. The van der Waals surface area contributed by atoms with Crippen LogP contribution in [0.25, 0.3) is 0 Å². The number of carbonyl (C=O) groups excluding carboxylic acids is 1. The molecule has 1 rings (SSSR count). The summed E-state index contributed by atoms with van der Waals surface area (Å²) in [5, 5.41) is 0. The van der Waals surface area contributed by atoms with Gasteiger partial charge < -0.3 is 4.90 Å². The highest BCUT2D eigenvalue weighted by Gasteiger charge is 2.45. The Morgan fingerprint density at radius 1 is 1.40 bits per heavy atom. The summed E-state index contributed by atoms with van der Waals surface area (Å²) >= 11 is 0. The monoisotopic (exact) mass is 227 g/mol. The first-order valence-electron chi connectivity index (χ1n) is 4.73. The molecule has 0 radical (unpaired) electrons. The van der Waals surface area contributed by atoms with Crippen molar-refractivity contribution >= 4 is 5.91 Å². The van der Waals surface area contributed by atoms with Crippen molar-refractivity contribution in [3.8, 4) is 0 Å². The molecule has 0 aromatic heterocycles. The highest BCUT2D eigenvalue weighted by molar-refractivity contribution is 5.79. The summed E-state index contributed by atoms with van der Waals surface area (Å²) in [4.78, 5) is 12.3. The summed E-state index contributed by atoms with van der Waals surface area (Å²) in [6.45, 7) is 2.23. The van der Waals surface area contributed by atoms with E-state index in [0.29, 0.717) is 0 Å². The molecule has 88 valence electrons. The van der Waals surface area contributed by atoms with Gasteiger partial charge in [-0.1, -0.05) is 6.92 Å². The van der Waals surface area contributed by atoms with Crippen LogP contribution in [0.5, 0.6) is 0 Å². The predicted octanol–water partition coefficient (Wildman–Crippen LogP) is 2.00. The molecule has 0 aliphatic carbocycles. The van der Waals surface area contributed by atoms with Crippen LogP contribution in [-0.4, -0.2) is 36.2 Å². The maximum atomic E-state index is 13.0. The minimum atomic E-state index is -4.55. The van der Waals surface area contributed by atoms with Crippen molar-refractivity contribution in [3.63, 3.8) is 0 Å². The van der Waals surface area contributed by atoms with Gasteiger partial charge in [-0.3, -0.25) is 4.79 Å². The van der Waals surface area contributed by atoms with Crippen LogP contribution < -0.4 is 0 Å². The lowest BCUT2D eigenvalue weighted by molar-refractivity contribution is -0.185. The molecule has 15 heavy (non-hydrogen) atoms. The van der Waals surface area contributed by atoms with E-state index in [1.165, 1.54) is 0 Å². The third-order valence-corrected chi connectivity index (χ3v) is 2.69. The average molecular weight is 227 g/mol. The Hall–Kier alpha value is -0.810. The predicted molar refractivity (Wildman–Crippen MR) is 45.9 cm³/mol. The van der Waals surface area contributed by atoms with Gasteiger partial charge in [0.1, 0.15) is 12.1 Å². The number of amides is 1. The van der Waals surface area contributed by atoms with Gasteiger partial charge in [-0.15, -0.1) is 0 Å². The van der Waals surface area contributed by atoms with Crippen molar-refractivity contribution in [3.05, 3.63) is 0 Å². The molecule has 6 heteroatoms. The Morgan fingerprint density at radius 2 is 1.93 bits per heavy atom. The van der Waals surface area contributed by atoms with Gasteiger partial charge >= 0.3 is 6.18 Å². The number of nitrogens with zero attached hydrogens (tertiary/aromatic N) is 1. The van der Waals surface area contributed by atoms with Crippen molar-refractivity contribution in [2.24, 2.45) is 11.8 Å². The molecule has 1 fully saturated rings. The second kappa shape index (κ2) is 3.98. The van der Waals surface area contributed by atoms with Crippen LogP contribution in [0.15, 0.2) is 0 Å². The molecule has 0 unspecified atom stereocenters. The Bertz CT molecular complexity index is 243. The van der Waals surface area contributed by atoms with E-state index in [2.05, 4.69) is 0 Å². The van der Waals surface area contributed by atoms with Gasteiger partial charge in [-0.25, -0.2) is 4.39 Å². The smallest absolute Gasteiger partial charge is 0.339 e. The van der Waals surface area contributed by atoms with Gasteiger partial charge in [0.15, 0.2) is 0 Å². The summed E-state index contributed by atoms with van der Waals surface area (Å²) in [6, 6.07) is 0. The van der Waals surface area contributed by atoms with E-state index >= 15 is 0 Å². The van der Waals surface area contributed by atoms with Gasteiger partial charge in [-0.2, -0.15) is 13.2 Å². The van der Waals surface area contributed by atoms with Crippen LogP contribution in [0.1, 0.15) is 13.8 Å². The first-order chi connectivity index (χ1) is 6.73. The Morgan fingerprint density at radius 3 is 2.27 bits per heavy atom. The van der Waals surface area contributed by atoms with Crippen molar-refractivity contribution in [1.82, 2.24) is 4.90 Å². The lowest BCUT2D eigenvalue weighted by Crippen LogP contribution is -2.40. The fraction of sp³-hybridized carbons (Fsp3) is 0.889. The van der Waals surface area contributed by atoms with Crippen LogP contribution in [0.2, 0.25) is 0 Å². The van der Waals surface area contributed by atoms with Gasteiger partial charge in [0, 0.05) is 12.5 Å². The SMILES string of the molecule is C[C@H]1CN(C(=O)[C@H](C)C(F)(F)F)C[C@H]1F. The molecule has 0 aromatic rings. The van der Waals surface area contributed by atoms with Crippen LogP contribution in [0.4, 0.5) is 17.6 Å². The van der Waals surface area contributed by atoms with E-state index in [4.69, 9.17) is 0 Å². The maximum Gasteiger partial charge on any atom is 0.400 e. The molecule has 0 saturated carbocycles. The first-order valence-corrected chi connectivity index (χ1v) is 4.73. The first kappa shape index (κ1) is 12.3. The highest BCUT2D eigenvalue weighted by atomic mass is 19.4. The molecular formula is C9H13F4NO. The van der Waals surface area contributed by atoms with E-state index in [1.54, 1.807) is 6.92 Å². The van der Waals surface area contributed by atoms with Crippen LogP contribution >= 0.6 is 0 Å². The number of halogens is 4. The van der Waals surface area contributed by atoms with E-state index in [9.17, 15) is 22.4 Å². The molecule has 1 saturated heterocycles. The molecular weight excluding hydrogens is 214 g/mol. The zero-order valence-corrected chi connectivity index (χ0v) is 8.51. The number of rotatable bonds is 1. The molecule has 2 nitrogen and oxygen atoms in total. The summed E-state index contributed by atoms with van der Waals surface area (Å²) in [5.74, 6) is -3.46.